The SMILES string of the molecule is CCn1cc(S(=O)(=O)NC2CCC3OCCOC3C2)nc1C. The maximum atomic E-state index is 12.5. The molecule has 0 spiro atoms. The number of hydrogen-bond acceptors (Lipinski definition) is 5. The first kappa shape index (κ1) is 15.9. The fourth-order valence-corrected chi connectivity index (χ4v) is 4.47. The Hall–Kier alpha value is -0.960. The topological polar surface area (TPSA) is 82.5 Å². The average Bonchev–Trinajstić information content (AvgIpc) is 2.89. The fourth-order valence-electron chi connectivity index (χ4n) is 3.18. The molecule has 22 heavy (non-hydrogen) atoms. The van der Waals surface area contributed by atoms with Gasteiger partial charge < -0.3 is 14.0 Å². The number of hydrogen-bond donors (Lipinski definition) is 1. The molecule has 124 valence electrons. The molecule has 8 heteroatoms. The van der Waals surface area contributed by atoms with Crippen LogP contribution in [0.25, 0.3) is 0 Å². The van der Waals surface area contributed by atoms with Gasteiger partial charge in [0.2, 0.25) is 0 Å². The highest BCUT2D eigenvalue weighted by atomic mass is 32.2. The molecule has 3 unspecified atom stereocenters. The van der Waals surface area contributed by atoms with Crippen molar-refractivity contribution in [2.24, 2.45) is 0 Å². The van der Waals surface area contributed by atoms with Crippen molar-refractivity contribution in [3.63, 3.8) is 0 Å². The first-order chi connectivity index (χ1) is 10.5. The van der Waals surface area contributed by atoms with Gasteiger partial charge in [0.25, 0.3) is 10.0 Å². The molecular weight excluding hydrogens is 306 g/mol. The van der Waals surface area contributed by atoms with Crippen LogP contribution in [-0.4, -0.2) is 49.4 Å². The normalized spacial score (nSPS) is 29.3. The number of imidazole rings is 1. The minimum Gasteiger partial charge on any atom is -0.373 e. The van der Waals surface area contributed by atoms with Gasteiger partial charge in [-0.15, -0.1) is 0 Å². The van der Waals surface area contributed by atoms with Gasteiger partial charge in [0.15, 0.2) is 5.03 Å². The molecular formula is C14H23N3O4S. The quantitative estimate of drug-likeness (QED) is 0.884. The summed E-state index contributed by atoms with van der Waals surface area (Å²) in [5.74, 6) is 0.704. The van der Waals surface area contributed by atoms with Crippen molar-refractivity contribution >= 4 is 10.0 Å². The van der Waals surface area contributed by atoms with Gasteiger partial charge in [-0.25, -0.2) is 18.1 Å². The van der Waals surface area contributed by atoms with Crippen molar-refractivity contribution in [3.8, 4) is 0 Å². The molecule has 2 heterocycles. The van der Waals surface area contributed by atoms with Crippen molar-refractivity contribution in [2.75, 3.05) is 13.2 Å². The van der Waals surface area contributed by atoms with E-state index in [2.05, 4.69) is 9.71 Å². The number of nitrogens with zero attached hydrogens (tertiary/aromatic N) is 2. The van der Waals surface area contributed by atoms with Gasteiger partial charge in [0, 0.05) is 18.8 Å². The zero-order chi connectivity index (χ0) is 15.7. The lowest BCUT2D eigenvalue weighted by atomic mass is 9.90. The van der Waals surface area contributed by atoms with E-state index in [0.717, 1.165) is 12.8 Å². The standard InChI is InChI=1S/C14H23N3O4S/c1-3-17-9-14(15-10(17)2)22(18,19)16-11-4-5-12-13(8-11)21-7-6-20-12/h9,11-13,16H,3-8H2,1-2H3. The van der Waals surface area contributed by atoms with E-state index >= 15 is 0 Å². The third kappa shape index (κ3) is 3.19. The molecule has 3 atom stereocenters. The summed E-state index contributed by atoms with van der Waals surface area (Å²) in [6.45, 7) is 5.68. The van der Waals surface area contributed by atoms with E-state index in [1.165, 1.54) is 0 Å². The van der Waals surface area contributed by atoms with Gasteiger partial charge >= 0.3 is 0 Å². The maximum absolute atomic E-state index is 12.5. The van der Waals surface area contributed by atoms with Gasteiger partial charge in [-0.1, -0.05) is 0 Å². The first-order valence-electron chi connectivity index (χ1n) is 7.79. The van der Waals surface area contributed by atoms with Gasteiger partial charge in [0.05, 0.1) is 25.4 Å². The number of aromatic nitrogens is 2. The predicted molar refractivity (Wildman–Crippen MR) is 80.1 cm³/mol. The summed E-state index contributed by atoms with van der Waals surface area (Å²) in [5.41, 5.74) is 0. The molecule has 2 fully saturated rings. The van der Waals surface area contributed by atoms with Crippen molar-refractivity contribution in [3.05, 3.63) is 12.0 Å². The van der Waals surface area contributed by atoms with Crippen LogP contribution in [0.1, 0.15) is 32.0 Å². The summed E-state index contributed by atoms with van der Waals surface area (Å²) in [7, 11) is -3.59. The number of sulfonamides is 1. The smallest absolute Gasteiger partial charge is 0.259 e. The molecule has 0 radical (unpaired) electrons. The Balaban J connectivity index is 1.68. The Bertz CT molecular complexity index is 628. The summed E-state index contributed by atoms with van der Waals surface area (Å²) in [6.07, 6.45) is 3.92. The van der Waals surface area contributed by atoms with Crippen LogP contribution < -0.4 is 4.72 Å². The zero-order valence-electron chi connectivity index (χ0n) is 13.0. The van der Waals surface area contributed by atoms with Gasteiger partial charge in [-0.05, 0) is 33.1 Å². The minimum atomic E-state index is -3.59. The van der Waals surface area contributed by atoms with Crippen LogP contribution in [-0.2, 0) is 26.0 Å². The Morgan fingerprint density at radius 3 is 2.73 bits per heavy atom. The van der Waals surface area contributed by atoms with E-state index in [4.69, 9.17) is 9.47 Å². The van der Waals surface area contributed by atoms with Crippen molar-refractivity contribution in [2.45, 2.75) is 62.9 Å². The molecule has 7 nitrogen and oxygen atoms in total. The van der Waals surface area contributed by atoms with E-state index in [0.29, 0.717) is 32.0 Å². The third-order valence-corrected chi connectivity index (χ3v) is 5.76. The second-order valence-corrected chi connectivity index (χ2v) is 7.52. The molecule has 1 saturated carbocycles. The highest BCUT2D eigenvalue weighted by Gasteiger charge is 2.36. The molecule has 1 aromatic rings. The molecule has 1 N–H and O–H groups in total. The molecule has 0 amide bonds. The highest BCUT2D eigenvalue weighted by molar-refractivity contribution is 7.89. The van der Waals surface area contributed by atoms with Crippen molar-refractivity contribution in [1.82, 2.24) is 14.3 Å². The van der Waals surface area contributed by atoms with Gasteiger partial charge in [-0.3, -0.25) is 0 Å². The summed E-state index contributed by atoms with van der Waals surface area (Å²) < 4.78 is 40.9. The number of aryl methyl sites for hydroxylation is 2. The Morgan fingerprint density at radius 2 is 2.05 bits per heavy atom. The molecule has 2 aliphatic rings. The lowest BCUT2D eigenvalue weighted by Crippen LogP contribution is -2.49. The molecule has 1 aliphatic carbocycles. The summed E-state index contributed by atoms with van der Waals surface area (Å²) in [5, 5.41) is 0.0924. The molecule has 0 aromatic carbocycles. The maximum Gasteiger partial charge on any atom is 0.259 e. The van der Waals surface area contributed by atoms with Crippen LogP contribution in [0.2, 0.25) is 0 Å². The van der Waals surface area contributed by atoms with Crippen molar-refractivity contribution < 1.29 is 17.9 Å². The first-order valence-corrected chi connectivity index (χ1v) is 9.27. The highest BCUT2D eigenvalue weighted by Crippen LogP contribution is 2.27. The number of nitrogens with one attached hydrogen (secondary N) is 1. The van der Waals surface area contributed by atoms with E-state index in [9.17, 15) is 8.42 Å². The number of fused-ring (bicyclic) bond motifs is 1. The summed E-state index contributed by atoms with van der Waals surface area (Å²) >= 11 is 0. The molecule has 0 bridgehead atoms. The molecule has 1 aliphatic heterocycles. The predicted octanol–water partition coefficient (Wildman–Crippen LogP) is 0.826. The lowest BCUT2D eigenvalue weighted by Gasteiger charge is -2.38. The van der Waals surface area contributed by atoms with E-state index in [1.54, 1.807) is 13.1 Å². The van der Waals surface area contributed by atoms with E-state index in [-0.39, 0.29) is 23.3 Å². The molecule has 1 saturated heterocycles. The van der Waals surface area contributed by atoms with Crippen molar-refractivity contribution in [1.29, 1.82) is 0 Å². The second-order valence-electron chi connectivity index (χ2n) is 5.86. The van der Waals surface area contributed by atoms with Crippen LogP contribution in [0.15, 0.2) is 11.2 Å². The second kappa shape index (κ2) is 6.27. The fraction of sp³-hybridized carbons (Fsp3) is 0.786. The average molecular weight is 329 g/mol. The number of ether oxygens (including phenoxy) is 2. The van der Waals surface area contributed by atoms with Crippen LogP contribution >= 0.6 is 0 Å². The molecule has 3 rings (SSSR count). The Kier molecular flexibility index (Phi) is 4.54. The van der Waals surface area contributed by atoms with Gasteiger partial charge in [0.1, 0.15) is 5.82 Å². The van der Waals surface area contributed by atoms with Crippen LogP contribution in [0.4, 0.5) is 0 Å². The Morgan fingerprint density at radius 1 is 1.32 bits per heavy atom. The summed E-state index contributed by atoms with van der Waals surface area (Å²) in [6, 6.07) is -0.125. The molecule has 1 aromatic heterocycles. The Labute approximate surface area is 131 Å². The van der Waals surface area contributed by atoms with Gasteiger partial charge in [-0.2, -0.15) is 0 Å². The van der Waals surface area contributed by atoms with E-state index < -0.39 is 10.0 Å². The number of rotatable bonds is 4. The summed E-state index contributed by atoms with van der Waals surface area (Å²) in [4.78, 5) is 4.16. The van der Waals surface area contributed by atoms with Crippen LogP contribution in [0.3, 0.4) is 0 Å². The van der Waals surface area contributed by atoms with Crippen LogP contribution in [0.5, 0.6) is 0 Å². The largest absolute Gasteiger partial charge is 0.373 e. The minimum absolute atomic E-state index is 0.00913. The monoisotopic (exact) mass is 329 g/mol. The zero-order valence-corrected chi connectivity index (χ0v) is 13.8. The van der Waals surface area contributed by atoms with Crippen LogP contribution in [0, 0.1) is 6.92 Å². The van der Waals surface area contributed by atoms with E-state index in [1.807, 2.05) is 11.5 Å². The third-order valence-electron chi connectivity index (χ3n) is 4.37. The lowest BCUT2D eigenvalue weighted by molar-refractivity contribution is -0.156.